The minimum absolute atomic E-state index is 0.194. The molecule has 1 N–H and O–H groups in total. The molecule has 1 fully saturated rings. The van der Waals surface area contributed by atoms with E-state index in [-0.39, 0.29) is 6.09 Å². The van der Waals surface area contributed by atoms with Gasteiger partial charge in [-0.05, 0) is 77.8 Å². The first-order valence-corrected chi connectivity index (χ1v) is 9.91. The van der Waals surface area contributed by atoms with Gasteiger partial charge in [0.1, 0.15) is 5.60 Å². The molecule has 0 aliphatic heterocycles. The van der Waals surface area contributed by atoms with Crippen LogP contribution in [0, 0.1) is 0 Å². The monoisotopic (exact) mass is 330 g/mol. The van der Waals surface area contributed by atoms with Gasteiger partial charge < -0.3 is 15.0 Å². The van der Waals surface area contributed by atoms with Crippen molar-refractivity contribution in [2.75, 3.05) is 25.6 Å². The maximum atomic E-state index is 12.1. The number of hydrogen-bond donors (Lipinski definition) is 1. The molecular formula is C17H34N2O2S. The van der Waals surface area contributed by atoms with Gasteiger partial charge in [-0.25, -0.2) is 4.79 Å². The van der Waals surface area contributed by atoms with Gasteiger partial charge in [-0.15, -0.1) is 0 Å². The van der Waals surface area contributed by atoms with Crippen LogP contribution >= 0.6 is 11.8 Å². The average Bonchev–Trinajstić information content (AvgIpc) is 2.45. The van der Waals surface area contributed by atoms with E-state index in [2.05, 4.69) is 11.6 Å². The van der Waals surface area contributed by atoms with Gasteiger partial charge in [0.05, 0.1) is 0 Å². The van der Waals surface area contributed by atoms with Crippen LogP contribution < -0.4 is 5.32 Å². The van der Waals surface area contributed by atoms with Gasteiger partial charge in [-0.3, -0.25) is 0 Å². The molecule has 0 aromatic carbocycles. The summed E-state index contributed by atoms with van der Waals surface area (Å²) < 4.78 is 5.45. The molecule has 5 heteroatoms. The van der Waals surface area contributed by atoms with Gasteiger partial charge in [-0.1, -0.05) is 0 Å². The number of carbonyl (C=O) groups is 1. The van der Waals surface area contributed by atoms with Crippen molar-refractivity contribution in [1.82, 2.24) is 10.2 Å². The summed E-state index contributed by atoms with van der Waals surface area (Å²) in [6.45, 7) is 6.86. The van der Waals surface area contributed by atoms with Crippen molar-refractivity contribution in [2.45, 2.75) is 77.0 Å². The third-order valence-corrected chi connectivity index (χ3v) is 4.83. The molecule has 1 amide bonds. The summed E-state index contributed by atoms with van der Waals surface area (Å²) in [6.07, 6.45) is 8.97. The number of rotatable bonds is 7. The molecule has 4 nitrogen and oxygen atoms in total. The molecule has 1 rings (SSSR count). The minimum Gasteiger partial charge on any atom is -0.444 e. The van der Waals surface area contributed by atoms with Gasteiger partial charge in [0.2, 0.25) is 0 Å². The summed E-state index contributed by atoms with van der Waals surface area (Å²) >= 11 is 1.92. The number of ether oxygens (including phenoxy) is 1. The second-order valence-electron chi connectivity index (χ2n) is 7.25. The minimum atomic E-state index is -0.416. The molecule has 0 radical (unpaired) electrons. The fourth-order valence-corrected chi connectivity index (χ4v) is 3.32. The van der Waals surface area contributed by atoms with Crippen molar-refractivity contribution >= 4 is 17.9 Å². The van der Waals surface area contributed by atoms with E-state index < -0.39 is 5.60 Å². The van der Waals surface area contributed by atoms with Crippen LogP contribution in [0.25, 0.3) is 0 Å². The van der Waals surface area contributed by atoms with Crippen LogP contribution in [0.3, 0.4) is 0 Å². The lowest BCUT2D eigenvalue weighted by atomic mass is 9.90. The van der Waals surface area contributed by atoms with Crippen LogP contribution in [0.5, 0.6) is 0 Å². The SMILES string of the molecule is CSCCCCNC1CCC(N(C)C(=O)OC(C)(C)C)CC1. The summed E-state index contributed by atoms with van der Waals surface area (Å²) in [5.74, 6) is 1.26. The molecule has 0 bridgehead atoms. The number of amides is 1. The molecule has 0 spiro atoms. The zero-order chi connectivity index (χ0) is 16.6. The Balaban J connectivity index is 2.22. The largest absolute Gasteiger partial charge is 0.444 e. The Hall–Kier alpha value is -0.420. The first kappa shape index (κ1) is 19.6. The van der Waals surface area contributed by atoms with Crippen molar-refractivity contribution in [3.8, 4) is 0 Å². The van der Waals surface area contributed by atoms with E-state index in [0.29, 0.717) is 12.1 Å². The van der Waals surface area contributed by atoms with Crippen LogP contribution in [-0.2, 0) is 4.74 Å². The number of nitrogens with one attached hydrogen (secondary N) is 1. The highest BCUT2D eigenvalue weighted by Crippen LogP contribution is 2.24. The third-order valence-electron chi connectivity index (χ3n) is 4.13. The van der Waals surface area contributed by atoms with Crippen LogP contribution in [-0.4, -0.2) is 54.3 Å². The first-order chi connectivity index (χ1) is 10.3. The summed E-state index contributed by atoms with van der Waals surface area (Å²) in [5.41, 5.74) is -0.416. The van der Waals surface area contributed by atoms with Crippen molar-refractivity contribution in [1.29, 1.82) is 0 Å². The van der Waals surface area contributed by atoms with Gasteiger partial charge >= 0.3 is 6.09 Å². The van der Waals surface area contributed by atoms with E-state index >= 15 is 0 Å². The fraction of sp³-hybridized carbons (Fsp3) is 0.941. The molecule has 0 atom stereocenters. The molecule has 1 aliphatic rings. The second kappa shape index (κ2) is 9.66. The van der Waals surface area contributed by atoms with E-state index in [1.165, 1.54) is 18.6 Å². The molecular weight excluding hydrogens is 296 g/mol. The Labute approximate surface area is 140 Å². The predicted octanol–water partition coefficient (Wildman–Crippen LogP) is 3.90. The number of thioether (sulfide) groups is 1. The van der Waals surface area contributed by atoms with E-state index in [4.69, 9.17) is 4.74 Å². The van der Waals surface area contributed by atoms with Crippen LogP contribution in [0.2, 0.25) is 0 Å². The highest BCUT2D eigenvalue weighted by molar-refractivity contribution is 7.98. The third kappa shape index (κ3) is 7.73. The van der Waals surface area contributed by atoms with Crippen LogP contribution in [0.1, 0.15) is 59.3 Å². The summed E-state index contributed by atoms with van der Waals surface area (Å²) in [4.78, 5) is 13.9. The Morgan fingerprint density at radius 3 is 2.41 bits per heavy atom. The van der Waals surface area contributed by atoms with E-state index in [9.17, 15) is 4.79 Å². The van der Waals surface area contributed by atoms with Crippen molar-refractivity contribution < 1.29 is 9.53 Å². The number of hydrogen-bond acceptors (Lipinski definition) is 4. The molecule has 130 valence electrons. The van der Waals surface area contributed by atoms with Crippen LogP contribution in [0.4, 0.5) is 4.79 Å². The highest BCUT2D eigenvalue weighted by Gasteiger charge is 2.28. The molecule has 0 saturated heterocycles. The fourth-order valence-electron chi connectivity index (χ4n) is 2.83. The summed E-state index contributed by atoms with van der Waals surface area (Å²) in [5, 5.41) is 3.66. The Kier molecular flexibility index (Phi) is 8.62. The molecule has 1 aliphatic carbocycles. The number of nitrogens with zero attached hydrogens (tertiary/aromatic N) is 1. The average molecular weight is 331 g/mol. The second-order valence-corrected chi connectivity index (χ2v) is 8.24. The summed E-state index contributed by atoms with van der Waals surface area (Å²) in [7, 11) is 1.87. The zero-order valence-electron chi connectivity index (χ0n) is 15.0. The Morgan fingerprint density at radius 2 is 1.86 bits per heavy atom. The Morgan fingerprint density at radius 1 is 1.23 bits per heavy atom. The quantitative estimate of drug-likeness (QED) is 0.719. The number of unbranched alkanes of at least 4 members (excludes halogenated alkanes) is 1. The zero-order valence-corrected chi connectivity index (χ0v) is 15.8. The lowest BCUT2D eigenvalue weighted by Gasteiger charge is -2.35. The van der Waals surface area contributed by atoms with E-state index in [1.54, 1.807) is 4.90 Å². The molecule has 0 aromatic heterocycles. The topological polar surface area (TPSA) is 41.6 Å². The molecule has 1 saturated carbocycles. The molecule has 0 unspecified atom stereocenters. The van der Waals surface area contributed by atoms with Gasteiger partial charge in [0, 0.05) is 19.1 Å². The predicted molar refractivity (Wildman–Crippen MR) is 95.7 cm³/mol. The molecule has 22 heavy (non-hydrogen) atoms. The smallest absolute Gasteiger partial charge is 0.410 e. The van der Waals surface area contributed by atoms with E-state index in [0.717, 1.165) is 32.2 Å². The van der Waals surface area contributed by atoms with Gasteiger partial charge in [0.25, 0.3) is 0 Å². The first-order valence-electron chi connectivity index (χ1n) is 8.51. The van der Waals surface area contributed by atoms with Gasteiger partial charge in [-0.2, -0.15) is 11.8 Å². The molecule has 0 heterocycles. The summed E-state index contributed by atoms with van der Waals surface area (Å²) in [6, 6.07) is 0.946. The lowest BCUT2D eigenvalue weighted by Crippen LogP contribution is -2.45. The van der Waals surface area contributed by atoms with E-state index in [1.807, 2.05) is 39.6 Å². The maximum Gasteiger partial charge on any atom is 0.410 e. The highest BCUT2D eigenvalue weighted by atomic mass is 32.2. The Bertz CT molecular complexity index is 323. The maximum absolute atomic E-state index is 12.1. The van der Waals surface area contributed by atoms with Crippen molar-refractivity contribution in [3.63, 3.8) is 0 Å². The molecule has 0 aromatic rings. The normalized spacial score (nSPS) is 22.4. The number of carbonyl (C=O) groups excluding carboxylic acids is 1. The standard InChI is InChI=1S/C17H34N2O2S/c1-17(2,3)21-16(20)19(4)15-10-8-14(9-11-15)18-12-6-7-13-22-5/h14-15,18H,6-13H2,1-5H3. The van der Waals surface area contributed by atoms with Crippen molar-refractivity contribution in [2.24, 2.45) is 0 Å². The lowest BCUT2D eigenvalue weighted by molar-refractivity contribution is 0.0179. The van der Waals surface area contributed by atoms with Gasteiger partial charge in [0.15, 0.2) is 0 Å². The van der Waals surface area contributed by atoms with Crippen LogP contribution in [0.15, 0.2) is 0 Å². The van der Waals surface area contributed by atoms with Crippen molar-refractivity contribution in [3.05, 3.63) is 0 Å².